The minimum Gasteiger partial charge on any atom is -0.0928 e. The molecule has 1 saturated carbocycles. The highest BCUT2D eigenvalue weighted by molar-refractivity contribution is 9.09. The zero-order valence-corrected chi connectivity index (χ0v) is 10.9. The van der Waals surface area contributed by atoms with Crippen LogP contribution < -0.4 is 0 Å². The van der Waals surface area contributed by atoms with E-state index in [4.69, 9.17) is 0 Å². The summed E-state index contributed by atoms with van der Waals surface area (Å²) in [5.74, 6) is 1.09. The number of rotatable bonds is 3. The van der Waals surface area contributed by atoms with Crippen molar-refractivity contribution in [1.29, 1.82) is 0 Å². The largest absolute Gasteiger partial charge is 0.0928 e. The standard InChI is InChI=1S/C8H16.C4H9Br/c1-2-8-6-4-3-5-7-8;1-2-3-4-5/h8H,2-7H2,1H3;2-4H2,1H3. The van der Waals surface area contributed by atoms with Crippen molar-refractivity contribution in [3.8, 4) is 0 Å². The van der Waals surface area contributed by atoms with Gasteiger partial charge < -0.3 is 0 Å². The van der Waals surface area contributed by atoms with Crippen LogP contribution in [0.25, 0.3) is 0 Å². The fraction of sp³-hybridized carbons (Fsp3) is 1.00. The van der Waals surface area contributed by atoms with Gasteiger partial charge in [0.05, 0.1) is 0 Å². The van der Waals surface area contributed by atoms with E-state index in [1.54, 1.807) is 0 Å². The molecule has 0 spiro atoms. The van der Waals surface area contributed by atoms with Gasteiger partial charge in [0.25, 0.3) is 0 Å². The van der Waals surface area contributed by atoms with Gasteiger partial charge >= 0.3 is 0 Å². The summed E-state index contributed by atoms with van der Waals surface area (Å²) in [7, 11) is 0. The Morgan fingerprint density at radius 3 is 1.92 bits per heavy atom. The van der Waals surface area contributed by atoms with Crippen molar-refractivity contribution in [3.05, 3.63) is 0 Å². The quantitative estimate of drug-likeness (QED) is 0.606. The molecule has 0 aromatic rings. The van der Waals surface area contributed by atoms with Crippen molar-refractivity contribution in [1.82, 2.24) is 0 Å². The second kappa shape index (κ2) is 10.6. The minimum absolute atomic E-state index is 1.09. The second-order valence-corrected chi connectivity index (χ2v) is 4.75. The van der Waals surface area contributed by atoms with Crippen LogP contribution in [0.5, 0.6) is 0 Å². The van der Waals surface area contributed by atoms with E-state index < -0.39 is 0 Å². The third kappa shape index (κ3) is 8.80. The van der Waals surface area contributed by atoms with Crippen LogP contribution in [0.2, 0.25) is 0 Å². The predicted molar refractivity (Wildman–Crippen MR) is 65.6 cm³/mol. The van der Waals surface area contributed by atoms with Crippen LogP contribution in [0.4, 0.5) is 0 Å². The molecule has 0 unspecified atom stereocenters. The highest BCUT2D eigenvalue weighted by Gasteiger charge is 2.09. The number of hydrogen-bond acceptors (Lipinski definition) is 0. The summed E-state index contributed by atoms with van der Waals surface area (Å²) in [5.41, 5.74) is 0. The van der Waals surface area contributed by atoms with Crippen LogP contribution in [0, 0.1) is 5.92 Å². The van der Waals surface area contributed by atoms with E-state index in [1.807, 2.05) is 0 Å². The van der Waals surface area contributed by atoms with E-state index in [2.05, 4.69) is 29.8 Å². The number of hydrogen-bond donors (Lipinski definition) is 0. The zero-order valence-electron chi connectivity index (χ0n) is 9.32. The minimum atomic E-state index is 1.09. The maximum Gasteiger partial charge on any atom is 0.00312 e. The van der Waals surface area contributed by atoms with Crippen molar-refractivity contribution >= 4 is 15.9 Å². The first kappa shape index (κ1) is 13.5. The van der Waals surface area contributed by atoms with Crippen molar-refractivity contribution in [3.63, 3.8) is 0 Å². The Kier molecular flexibility index (Phi) is 11.0. The van der Waals surface area contributed by atoms with Gasteiger partial charge in [0.1, 0.15) is 0 Å². The summed E-state index contributed by atoms with van der Waals surface area (Å²) >= 11 is 3.31. The van der Waals surface area contributed by atoms with Crippen molar-refractivity contribution in [2.75, 3.05) is 5.33 Å². The van der Waals surface area contributed by atoms with Crippen molar-refractivity contribution in [2.45, 2.75) is 65.2 Å². The molecular weight excluding hydrogens is 224 g/mol. The molecule has 1 aliphatic carbocycles. The number of halogens is 1. The molecule has 0 aromatic heterocycles. The summed E-state index contributed by atoms with van der Waals surface area (Å²) in [6.45, 7) is 4.50. The Morgan fingerprint density at radius 2 is 1.69 bits per heavy atom. The number of unbranched alkanes of at least 4 members (excludes halogenated alkanes) is 1. The molecule has 0 heterocycles. The maximum atomic E-state index is 3.31. The average Bonchev–Trinajstić information content (AvgIpc) is 2.21. The first-order valence-electron chi connectivity index (χ1n) is 5.91. The van der Waals surface area contributed by atoms with Gasteiger partial charge in [-0.3, -0.25) is 0 Å². The molecule has 0 amide bonds. The van der Waals surface area contributed by atoms with E-state index in [0.29, 0.717) is 0 Å². The molecule has 80 valence electrons. The zero-order chi connectivity index (χ0) is 9.94. The Bertz CT molecular complexity index is 83.1. The fourth-order valence-electron chi connectivity index (χ4n) is 1.73. The summed E-state index contributed by atoms with van der Waals surface area (Å²) in [4.78, 5) is 0. The van der Waals surface area contributed by atoms with Gasteiger partial charge in [0.15, 0.2) is 0 Å². The molecular formula is C12H25Br. The van der Waals surface area contributed by atoms with Gasteiger partial charge in [-0.2, -0.15) is 0 Å². The van der Waals surface area contributed by atoms with Gasteiger partial charge in [-0.1, -0.05) is 74.7 Å². The van der Waals surface area contributed by atoms with E-state index in [-0.39, 0.29) is 0 Å². The highest BCUT2D eigenvalue weighted by atomic mass is 79.9. The molecule has 0 aliphatic heterocycles. The Morgan fingerprint density at radius 1 is 1.08 bits per heavy atom. The van der Waals surface area contributed by atoms with E-state index in [9.17, 15) is 0 Å². The average molecular weight is 249 g/mol. The third-order valence-corrected chi connectivity index (χ3v) is 3.35. The molecule has 0 saturated heterocycles. The van der Waals surface area contributed by atoms with Gasteiger partial charge in [0.2, 0.25) is 0 Å². The highest BCUT2D eigenvalue weighted by Crippen LogP contribution is 2.25. The van der Waals surface area contributed by atoms with Crippen LogP contribution in [0.1, 0.15) is 65.2 Å². The Labute approximate surface area is 92.6 Å². The summed E-state index contributed by atoms with van der Waals surface area (Å²) in [6.07, 6.45) is 11.5. The molecule has 0 N–H and O–H groups in total. The van der Waals surface area contributed by atoms with Gasteiger partial charge in [-0.15, -0.1) is 0 Å². The Hall–Kier alpha value is 0.480. The molecule has 0 radical (unpaired) electrons. The second-order valence-electron chi connectivity index (χ2n) is 3.95. The fourth-order valence-corrected chi connectivity index (χ4v) is 2.29. The first-order chi connectivity index (χ1) is 6.35. The summed E-state index contributed by atoms with van der Waals surface area (Å²) in [6, 6.07) is 0. The van der Waals surface area contributed by atoms with E-state index in [0.717, 1.165) is 11.2 Å². The monoisotopic (exact) mass is 248 g/mol. The van der Waals surface area contributed by atoms with Gasteiger partial charge in [0, 0.05) is 5.33 Å². The van der Waals surface area contributed by atoms with E-state index >= 15 is 0 Å². The van der Waals surface area contributed by atoms with Gasteiger partial charge in [-0.05, 0) is 12.3 Å². The molecule has 1 fully saturated rings. The lowest BCUT2D eigenvalue weighted by molar-refractivity contribution is 0.349. The topological polar surface area (TPSA) is 0 Å². The molecule has 0 nitrogen and oxygen atoms in total. The van der Waals surface area contributed by atoms with Crippen molar-refractivity contribution in [2.24, 2.45) is 5.92 Å². The number of alkyl halides is 1. The van der Waals surface area contributed by atoms with Crippen LogP contribution >= 0.6 is 15.9 Å². The molecule has 0 aromatic carbocycles. The van der Waals surface area contributed by atoms with Crippen LogP contribution in [-0.4, -0.2) is 5.33 Å². The maximum absolute atomic E-state index is 3.31. The first-order valence-corrected chi connectivity index (χ1v) is 7.03. The van der Waals surface area contributed by atoms with Crippen LogP contribution in [0.15, 0.2) is 0 Å². The molecule has 0 atom stereocenters. The third-order valence-electron chi connectivity index (χ3n) is 2.79. The van der Waals surface area contributed by atoms with Gasteiger partial charge in [-0.25, -0.2) is 0 Å². The SMILES string of the molecule is CCC1CCCCC1.CCCCBr. The summed E-state index contributed by atoms with van der Waals surface area (Å²) < 4.78 is 0. The van der Waals surface area contributed by atoms with Crippen LogP contribution in [-0.2, 0) is 0 Å². The molecule has 0 bridgehead atoms. The van der Waals surface area contributed by atoms with E-state index in [1.165, 1.54) is 51.4 Å². The summed E-state index contributed by atoms with van der Waals surface area (Å²) in [5, 5.41) is 1.16. The lowest BCUT2D eigenvalue weighted by Gasteiger charge is -2.18. The lowest BCUT2D eigenvalue weighted by atomic mass is 9.88. The predicted octanol–water partition coefficient (Wildman–Crippen LogP) is 5.16. The molecule has 1 heteroatoms. The Balaban J connectivity index is 0.000000252. The molecule has 1 rings (SSSR count). The molecule has 1 aliphatic rings. The lowest BCUT2D eigenvalue weighted by Crippen LogP contribution is -2.03. The van der Waals surface area contributed by atoms with Crippen molar-refractivity contribution < 1.29 is 0 Å². The molecule has 13 heavy (non-hydrogen) atoms. The normalized spacial score (nSPS) is 17.8. The smallest absolute Gasteiger partial charge is 0.00312 e. The van der Waals surface area contributed by atoms with Crippen LogP contribution in [0.3, 0.4) is 0 Å².